The Hall–Kier alpha value is -0.610. The van der Waals surface area contributed by atoms with Gasteiger partial charge in [-0.1, -0.05) is 0 Å². The van der Waals surface area contributed by atoms with Crippen LogP contribution in [0.25, 0.3) is 0 Å². The summed E-state index contributed by atoms with van der Waals surface area (Å²) in [6, 6.07) is 0. The van der Waals surface area contributed by atoms with E-state index in [1.54, 1.807) is 14.2 Å². The lowest BCUT2D eigenvalue weighted by atomic mass is 10.3. The lowest BCUT2D eigenvalue weighted by molar-refractivity contribution is -0.145. The van der Waals surface area contributed by atoms with Gasteiger partial charge in [-0.2, -0.15) is 0 Å². The highest BCUT2D eigenvalue weighted by Crippen LogP contribution is 1.92. The van der Waals surface area contributed by atoms with Gasteiger partial charge in [-0.15, -0.1) is 0 Å². The van der Waals surface area contributed by atoms with E-state index < -0.39 is 0 Å². The molecule has 4 nitrogen and oxygen atoms in total. The summed E-state index contributed by atoms with van der Waals surface area (Å²) in [5, 5.41) is 0. The highest BCUT2D eigenvalue weighted by atomic mass is 16.6. The summed E-state index contributed by atoms with van der Waals surface area (Å²) in [6.07, 6.45) is 1.12. The molecule has 72 valence electrons. The molecule has 0 aromatic rings. The molecule has 0 spiro atoms. The van der Waals surface area contributed by atoms with Gasteiger partial charge in [0.1, 0.15) is 6.61 Å². The highest BCUT2D eigenvalue weighted by Gasteiger charge is 2.00. The third kappa shape index (κ3) is 7.50. The Bertz CT molecular complexity index is 102. The minimum absolute atomic E-state index is 0.191. The van der Waals surface area contributed by atoms with Crippen molar-refractivity contribution in [1.82, 2.24) is 0 Å². The average Bonchev–Trinajstić information content (AvgIpc) is 2.06. The standard InChI is InChI=1S/C8H16O4/c1-10-5-3-4-8(9)12-7-6-11-2/h3-7H2,1-2H3. The summed E-state index contributed by atoms with van der Waals surface area (Å²) in [5.74, 6) is -0.191. The average molecular weight is 176 g/mol. The lowest BCUT2D eigenvalue weighted by Crippen LogP contribution is -2.09. The summed E-state index contributed by atoms with van der Waals surface area (Å²) in [4.78, 5) is 10.9. The van der Waals surface area contributed by atoms with Crippen LogP contribution >= 0.6 is 0 Å². The lowest BCUT2D eigenvalue weighted by Gasteiger charge is -2.02. The number of rotatable bonds is 7. The molecule has 0 aromatic carbocycles. The van der Waals surface area contributed by atoms with Gasteiger partial charge in [0.15, 0.2) is 0 Å². The van der Waals surface area contributed by atoms with Gasteiger partial charge < -0.3 is 14.2 Å². The van der Waals surface area contributed by atoms with Crippen LogP contribution in [0.15, 0.2) is 0 Å². The first-order valence-electron chi connectivity index (χ1n) is 3.94. The molecule has 0 aliphatic heterocycles. The zero-order valence-corrected chi connectivity index (χ0v) is 7.67. The normalized spacial score (nSPS) is 9.83. The second-order valence-electron chi connectivity index (χ2n) is 2.31. The summed E-state index contributed by atoms with van der Waals surface area (Å²) in [7, 11) is 3.18. The molecule has 0 aromatic heterocycles. The van der Waals surface area contributed by atoms with Crippen LogP contribution in [0.3, 0.4) is 0 Å². The van der Waals surface area contributed by atoms with Crippen molar-refractivity contribution >= 4 is 5.97 Å². The van der Waals surface area contributed by atoms with Gasteiger partial charge in [0.25, 0.3) is 0 Å². The second-order valence-corrected chi connectivity index (χ2v) is 2.31. The molecule has 0 unspecified atom stereocenters. The van der Waals surface area contributed by atoms with E-state index in [4.69, 9.17) is 14.2 Å². The Morgan fingerprint density at radius 3 is 2.33 bits per heavy atom. The SMILES string of the molecule is COCCCC(=O)OCCOC. The van der Waals surface area contributed by atoms with Crippen LogP contribution in [0.1, 0.15) is 12.8 Å². The van der Waals surface area contributed by atoms with Crippen molar-refractivity contribution in [3.8, 4) is 0 Å². The molecule has 12 heavy (non-hydrogen) atoms. The van der Waals surface area contributed by atoms with Crippen LogP contribution < -0.4 is 0 Å². The number of ether oxygens (including phenoxy) is 3. The van der Waals surface area contributed by atoms with E-state index >= 15 is 0 Å². The number of hydrogen-bond donors (Lipinski definition) is 0. The molecule has 4 heteroatoms. The van der Waals surface area contributed by atoms with Crippen molar-refractivity contribution in [2.75, 3.05) is 34.0 Å². The molecule has 0 fully saturated rings. The van der Waals surface area contributed by atoms with E-state index in [1.165, 1.54) is 0 Å². The number of carbonyl (C=O) groups excluding carboxylic acids is 1. The number of methoxy groups -OCH3 is 2. The van der Waals surface area contributed by atoms with E-state index in [0.29, 0.717) is 32.7 Å². The molecule has 0 saturated heterocycles. The minimum Gasteiger partial charge on any atom is -0.463 e. The molecule has 0 heterocycles. The van der Waals surface area contributed by atoms with Crippen LogP contribution in [0.5, 0.6) is 0 Å². The smallest absolute Gasteiger partial charge is 0.305 e. The quantitative estimate of drug-likeness (QED) is 0.421. The maximum absolute atomic E-state index is 10.9. The Kier molecular flexibility index (Phi) is 8.05. The molecule has 0 saturated carbocycles. The molecule has 0 aliphatic rings. The molecule has 0 bridgehead atoms. The Labute approximate surface area is 72.8 Å². The predicted molar refractivity (Wildman–Crippen MR) is 43.9 cm³/mol. The largest absolute Gasteiger partial charge is 0.463 e. The van der Waals surface area contributed by atoms with Gasteiger partial charge >= 0.3 is 5.97 Å². The Balaban J connectivity index is 3.10. The van der Waals surface area contributed by atoms with E-state index in [2.05, 4.69) is 0 Å². The van der Waals surface area contributed by atoms with E-state index in [-0.39, 0.29) is 5.97 Å². The van der Waals surface area contributed by atoms with Crippen LogP contribution in [0.2, 0.25) is 0 Å². The summed E-state index contributed by atoms with van der Waals surface area (Å²) >= 11 is 0. The van der Waals surface area contributed by atoms with Crippen molar-refractivity contribution < 1.29 is 19.0 Å². The fourth-order valence-corrected chi connectivity index (χ4v) is 0.672. The van der Waals surface area contributed by atoms with Gasteiger partial charge in [0, 0.05) is 27.2 Å². The van der Waals surface area contributed by atoms with Crippen LogP contribution in [-0.4, -0.2) is 40.0 Å². The second kappa shape index (κ2) is 8.49. The molecule has 0 radical (unpaired) electrons. The molecule has 0 amide bonds. The fraction of sp³-hybridized carbons (Fsp3) is 0.875. The summed E-state index contributed by atoms with van der Waals surface area (Å²) in [5.41, 5.74) is 0. The van der Waals surface area contributed by atoms with Crippen molar-refractivity contribution in [2.24, 2.45) is 0 Å². The van der Waals surface area contributed by atoms with E-state index in [0.717, 1.165) is 0 Å². The maximum atomic E-state index is 10.9. The molecular formula is C8H16O4. The third-order valence-corrected chi connectivity index (χ3v) is 1.28. The van der Waals surface area contributed by atoms with E-state index in [9.17, 15) is 4.79 Å². The number of esters is 1. The zero-order chi connectivity index (χ0) is 9.23. The van der Waals surface area contributed by atoms with Gasteiger partial charge in [0.2, 0.25) is 0 Å². The van der Waals surface area contributed by atoms with Crippen LogP contribution in [0, 0.1) is 0 Å². The maximum Gasteiger partial charge on any atom is 0.305 e. The number of hydrogen-bond acceptors (Lipinski definition) is 4. The van der Waals surface area contributed by atoms with Crippen LogP contribution in [0.4, 0.5) is 0 Å². The van der Waals surface area contributed by atoms with Crippen molar-refractivity contribution in [3.05, 3.63) is 0 Å². The Morgan fingerprint density at radius 2 is 1.75 bits per heavy atom. The first-order chi connectivity index (χ1) is 5.81. The molecule has 0 aliphatic carbocycles. The topological polar surface area (TPSA) is 44.8 Å². The molecule has 0 N–H and O–H groups in total. The molecule has 0 atom stereocenters. The van der Waals surface area contributed by atoms with Gasteiger partial charge in [-0.05, 0) is 6.42 Å². The first kappa shape index (κ1) is 11.4. The van der Waals surface area contributed by atoms with Gasteiger partial charge in [0.05, 0.1) is 6.61 Å². The van der Waals surface area contributed by atoms with Crippen LogP contribution in [-0.2, 0) is 19.0 Å². The summed E-state index contributed by atoms with van der Waals surface area (Å²) in [6.45, 7) is 1.39. The monoisotopic (exact) mass is 176 g/mol. The van der Waals surface area contributed by atoms with Crippen molar-refractivity contribution in [1.29, 1.82) is 0 Å². The number of carbonyl (C=O) groups is 1. The first-order valence-corrected chi connectivity index (χ1v) is 3.94. The predicted octanol–water partition coefficient (Wildman–Crippen LogP) is 0.603. The van der Waals surface area contributed by atoms with Gasteiger partial charge in [-0.25, -0.2) is 0 Å². The minimum atomic E-state index is -0.191. The molecule has 0 rings (SSSR count). The van der Waals surface area contributed by atoms with Gasteiger partial charge in [-0.3, -0.25) is 4.79 Å². The third-order valence-electron chi connectivity index (χ3n) is 1.28. The fourth-order valence-electron chi connectivity index (χ4n) is 0.672. The Morgan fingerprint density at radius 1 is 1.08 bits per heavy atom. The zero-order valence-electron chi connectivity index (χ0n) is 7.67. The molecular weight excluding hydrogens is 160 g/mol. The van der Waals surface area contributed by atoms with Crippen molar-refractivity contribution in [2.45, 2.75) is 12.8 Å². The van der Waals surface area contributed by atoms with E-state index in [1.807, 2.05) is 0 Å². The summed E-state index contributed by atoms with van der Waals surface area (Å²) < 4.78 is 14.3. The highest BCUT2D eigenvalue weighted by molar-refractivity contribution is 5.69. The van der Waals surface area contributed by atoms with Crippen molar-refractivity contribution in [3.63, 3.8) is 0 Å².